The van der Waals surface area contributed by atoms with Gasteiger partial charge in [0, 0.05) is 18.7 Å². The Labute approximate surface area is 146 Å². The van der Waals surface area contributed by atoms with E-state index in [-0.39, 0.29) is 5.41 Å². The van der Waals surface area contributed by atoms with Crippen molar-refractivity contribution < 1.29 is 4.74 Å². The number of aryl methyl sites for hydroxylation is 1. The molecule has 0 saturated carbocycles. The van der Waals surface area contributed by atoms with Gasteiger partial charge in [-0.15, -0.1) is 11.6 Å². The van der Waals surface area contributed by atoms with E-state index in [1.54, 1.807) is 0 Å². The molecule has 1 aliphatic rings. The van der Waals surface area contributed by atoms with Crippen LogP contribution in [0.1, 0.15) is 57.2 Å². The van der Waals surface area contributed by atoms with Gasteiger partial charge in [-0.2, -0.15) is 0 Å². The Hall–Kier alpha value is -1.15. The molecule has 0 aromatic heterocycles. The van der Waals surface area contributed by atoms with Crippen LogP contribution in [0.4, 0.5) is 0 Å². The molecule has 0 aliphatic carbocycles. The number of allylic oxidation sites excluding steroid dienone is 1. The number of hydrogen-bond acceptors (Lipinski definition) is 2. The maximum atomic E-state index is 6.33. The van der Waals surface area contributed by atoms with Gasteiger partial charge in [-0.1, -0.05) is 57.9 Å². The molecule has 0 unspecified atom stereocenters. The van der Waals surface area contributed by atoms with E-state index in [9.17, 15) is 0 Å². The van der Waals surface area contributed by atoms with Crippen LogP contribution in [0.3, 0.4) is 0 Å². The second kappa shape index (κ2) is 7.61. The van der Waals surface area contributed by atoms with E-state index in [0.29, 0.717) is 5.88 Å². The normalized spacial score (nSPS) is 15.0. The highest BCUT2D eigenvalue weighted by molar-refractivity contribution is 6.19. The van der Waals surface area contributed by atoms with Crippen LogP contribution in [0.5, 0.6) is 0 Å². The largest absolute Gasteiger partial charge is 0.491 e. The van der Waals surface area contributed by atoms with E-state index in [1.807, 2.05) is 0 Å². The molecule has 1 aromatic carbocycles. The fraction of sp³-hybridized carbons (Fsp3) is 0.600. The molecule has 2 nitrogen and oxygen atoms in total. The van der Waals surface area contributed by atoms with Gasteiger partial charge in [0.25, 0.3) is 0 Å². The van der Waals surface area contributed by atoms with Gasteiger partial charge < -0.3 is 9.64 Å². The van der Waals surface area contributed by atoms with Crippen LogP contribution in [0, 0.1) is 12.3 Å². The van der Waals surface area contributed by atoms with Crippen LogP contribution >= 0.6 is 11.6 Å². The summed E-state index contributed by atoms with van der Waals surface area (Å²) < 4.78 is 6.19. The Kier molecular flexibility index (Phi) is 6.02. The number of hydrogen-bond donors (Lipinski definition) is 0. The monoisotopic (exact) mass is 335 g/mol. The van der Waals surface area contributed by atoms with E-state index < -0.39 is 0 Å². The summed E-state index contributed by atoms with van der Waals surface area (Å²) in [5.41, 5.74) is 5.20. The molecule has 128 valence electrons. The van der Waals surface area contributed by atoms with Crippen molar-refractivity contribution in [2.75, 3.05) is 19.0 Å². The first-order valence-electron chi connectivity index (χ1n) is 8.62. The third-order valence-corrected chi connectivity index (χ3v) is 4.30. The third-order valence-electron chi connectivity index (χ3n) is 4.05. The molecule has 0 fully saturated rings. The Balaban J connectivity index is 2.42. The molecule has 2 rings (SSSR count). The van der Waals surface area contributed by atoms with Crippen LogP contribution in [0.15, 0.2) is 23.9 Å². The minimum Gasteiger partial charge on any atom is -0.491 e. The molecule has 23 heavy (non-hydrogen) atoms. The molecule has 0 amide bonds. The molecule has 0 bridgehead atoms. The molecule has 0 N–H and O–H groups in total. The zero-order chi connectivity index (χ0) is 17.0. The molecule has 0 saturated heterocycles. The maximum Gasteiger partial charge on any atom is 0.147 e. The number of rotatable bonds is 6. The second-order valence-corrected chi connectivity index (χ2v) is 7.96. The summed E-state index contributed by atoms with van der Waals surface area (Å²) in [7, 11) is 0. The molecule has 1 heterocycles. The van der Waals surface area contributed by atoms with Gasteiger partial charge >= 0.3 is 0 Å². The van der Waals surface area contributed by atoms with Crippen molar-refractivity contribution in [3.63, 3.8) is 0 Å². The van der Waals surface area contributed by atoms with E-state index in [0.717, 1.165) is 44.0 Å². The molecular weight excluding hydrogens is 306 g/mol. The summed E-state index contributed by atoms with van der Waals surface area (Å²) in [4.78, 5) is 2.40. The average Bonchev–Trinajstić information content (AvgIpc) is 2.45. The quantitative estimate of drug-likeness (QED) is 0.497. The van der Waals surface area contributed by atoms with Crippen molar-refractivity contribution in [2.45, 2.75) is 54.0 Å². The number of nitrogens with zero attached hydrogens (tertiary/aromatic N) is 1. The van der Waals surface area contributed by atoms with Crippen molar-refractivity contribution in [1.82, 2.24) is 4.90 Å². The van der Waals surface area contributed by atoms with Crippen molar-refractivity contribution >= 4 is 17.4 Å². The number of fused-ring (bicyclic) bond motifs is 1. The molecular formula is C20H30ClNO. The fourth-order valence-corrected chi connectivity index (χ4v) is 3.31. The number of benzene rings is 1. The van der Waals surface area contributed by atoms with Gasteiger partial charge in [-0.3, -0.25) is 0 Å². The molecule has 1 aliphatic heterocycles. The Bertz CT molecular complexity index is 571. The van der Waals surface area contributed by atoms with Crippen LogP contribution in [-0.2, 0) is 11.3 Å². The lowest BCUT2D eigenvalue weighted by molar-refractivity contribution is 0.204. The van der Waals surface area contributed by atoms with Crippen LogP contribution in [0.25, 0.3) is 5.76 Å². The van der Waals surface area contributed by atoms with Crippen LogP contribution < -0.4 is 0 Å². The first kappa shape index (κ1) is 18.2. The van der Waals surface area contributed by atoms with E-state index in [4.69, 9.17) is 16.3 Å². The Morgan fingerprint density at radius 3 is 2.61 bits per heavy atom. The number of alkyl halides is 1. The van der Waals surface area contributed by atoms with Crippen molar-refractivity contribution in [2.24, 2.45) is 5.41 Å². The predicted molar refractivity (Wildman–Crippen MR) is 99.5 cm³/mol. The average molecular weight is 336 g/mol. The third kappa shape index (κ3) is 4.67. The molecule has 1 aromatic rings. The number of halogens is 1. The summed E-state index contributed by atoms with van der Waals surface area (Å²) in [6.45, 7) is 13.8. The first-order chi connectivity index (χ1) is 10.9. The van der Waals surface area contributed by atoms with Gasteiger partial charge in [0.15, 0.2) is 0 Å². The van der Waals surface area contributed by atoms with Gasteiger partial charge in [-0.05, 0) is 24.3 Å². The minimum absolute atomic E-state index is 0.215. The number of ether oxygens (including phenoxy) is 1. The predicted octanol–water partition coefficient (Wildman–Crippen LogP) is 5.58. The van der Waals surface area contributed by atoms with Crippen molar-refractivity contribution in [3.8, 4) is 0 Å². The van der Waals surface area contributed by atoms with Gasteiger partial charge in [0.2, 0.25) is 0 Å². The zero-order valence-electron chi connectivity index (χ0n) is 15.2. The molecule has 0 atom stereocenters. The van der Waals surface area contributed by atoms with E-state index in [2.05, 4.69) is 57.7 Å². The summed E-state index contributed by atoms with van der Waals surface area (Å²) in [6.07, 6.45) is 2.20. The summed E-state index contributed by atoms with van der Waals surface area (Å²) in [6, 6.07) is 6.62. The lowest BCUT2D eigenvalue weighted by Crippen LogP contribution is -2.35. The summed E-state index contributed by atoms with van der Waals surface area (Å²) in [5.74, 6) is 1.48. The lowest BCUT2D eigenvalue weighted by Gasteiger charge is -2.38. The maximum absolute atomic E-state index is 6.33. The summed E-state index contributed by atoms with van der Waals surface area (Å²) >= 11 is 6.33. The Morgan fingerprint density at radius 2 is 2.00 bits per heavy atom. The van der Waals surface area contributed by atoms with E-state index in [1.165, 1.54) is 16.7 Å². The van der Waals surface area contributed by atoms with Crippen molar-refractivity contribution in [1.29, 1.82) is 0 Å². The molecule has 0 spiro atoms. The SMILES string of the molecule is CCCCOC1=C(CCl)N(CC(C)(C)C)Cc2cc(C)ccc21. The standard InChI is InChI=1S/C20H30ClNO/c1-6-7-10-23-19-17-9-8-15(2)11-16(17)13-22(18(19)12-21)14-20(3,4)5/h8-9,11H,6-7,10,12-14H2,1-5H3. The van der Waals surface area contributed by atoms with Crippen LogP contribution in [0.2, 0.25) is 0 Å². The topological polar surface area (TPSA) is 12.5 Å². The highest BCUT2D eigenvalue weighted by Gasteiger charge is 2.28. The second-order valence-electron chi connectivity index (χ2n) is 7.69. The van der Waals surface area contributed by atoms with Crippen molar-refractivity contribution in [3.05, 3.63) is 40.6 Å². The van der Waals surface area contributed by atoms with Crippen LogP contribution in [-0.4, -0.2) is 23.9 Å². The highest BCUT2D eigenvalue weighted by atomic mass is 35.5. The smallest absolute Gasteiger partial charge is 0.147 e. The Morgan fingerprint density at radius 1 is 1.26 bits per heavy atom. The van der Waals surface area contributed by atoms with Gasteiger partial charge in [0.1, 0.15) is 5.76 Å². The number of unbranched alkanes of at least 4 members (excludes halogenated alkanes) is 1. The lowest BCUT2D eigenvalue weighted by atomic mass is 9.92. The minimum atomic E-state index is 0.215. The molecule has 3 heteroatoms. The first-order valence-corrected chi connectivity index (χ1v) is 9.16. The van der Waals surface area contributed by atoms with E-state index >= 15 is 0 Å². The zero-order valence-corrected chi connectivity index (χ0v) is 16.0. The van der Waals surface area contributed by atoms with Gasteiger partial charge in [-0.25, -0.2) is 0 Å². The van der Waals surface area contributed by atoms with Gasteiger partial charge in [0.05, 0.1) is 18.2 Å². The summed E-state index contributed by atoms with van der Waals surface area (Å²) in [5, 5.41) is 0. The fourth-order valence-electron chi connectivity index (χ4n) is 3.02. The molecule has 0 radical (unpaired) electrons. The highest BCUT2D eigenvalue weighted by Crippen LogP contribution is 2.35.